The average Bonchev–Trinajstić information content (AvgIpc) is 2.78. The van der Waals surface area contributed by atoms with E-state index < -0.39 is 0 Å². The number of nitrogens with two attached hydrogens (primary N) is 1. The van der Waals surface area contributed by atoms with Crippen molar-refractivity contribution in [2.45, 2.75) is 13.5 Å². The molecule has 0 aliphatic rings. The van der Waals surface area contributed by atoms with E-state index >= 15 is 0 Å². The summed E-state index contributed by atoms with van der Waals surface area (Å²) >= 11 is 1.53. The molecule has 0 aliphatic heterocycles. The van der Waals surface area contributed by atoms with Gasteiger partial charge in [0.05, 0.1) is 18.4 Å². The van der Waals surface area contributed by atoms with Gasteiger partial charge in [0, 0.05) is 37.3 Å². The number of anilines is 1. The van der Waals surface area contributed by atoms with Crippen molar-refractivity contribution in [3.63, 3.8) is 0 Å². The number of likely N-dealkylation sites (N-methyl/N-ethyl adjacent to an activating group) is 1. The Morgan fingerprint density at radius 1 is 1.53 bits per heavy atom. The van der Waals surface area contributed by atoms with Crippen molar-refractivity contribution in [2.75, 3.05) is 25.0 Å². The molecule has 0 spiro atoms. The lowest BCUT2D eigenvalue weighted by molar-refractivity contribution is 0.634. The van der Waals surface area contributed by atoms with Gasteiger partial charge in [0.1, 0.15) is 5.01 Å². The zero-order valence-corrected chi connectivity index (χ0v) is 11.9. The molecular formula is C12H17N5OS. The fourth-order valence-electron chi connectivity index (χ4n) is 1.68. The molecule has 2 heterocycles. The standard InChI is InChI=1S/C12H17N5OS/c1-9-8-19-11(15-9)7-17-12(18)5-10(6-14-17)16(2)4-3-13/h5-6,8H,3-4,7,13H2,1-2H3. The van der Waals surface area contributed by atoms with E-state index in [2.05, 4.69) is 10.1 Å². The summed E-state index contributed by atoms with van der Waals surface area (Å²) in [7, 11) is 1.89. The largest absolute Gasteiger partial charge is 0.372 e. The van der Waals surface area contributed by atoms with Gasteiger partial charge in [0.25, 0.3) is 5.56 Å². The number of aryl methyl sites for hydroxylation is 1. The van der Waals surface area contributed by atoms with Crippen LogP contribution in [0.3, 0.4) is 0 Å². The van der Waals surface area contributed by atoms with Crippen LogP contribution in [0.2, 0.25) is 0 Å². The highest BCUT2D eigenvalue weighted by Gasteiger charge is 2.06. The van der Waals surface area contributed by atoms with E-state index in [0.717, 1.165) is 16.4 Å². The third-order valence-electron chi connectivity index (χ3n) is 2.71. The minimum Gasteiger partial charge on any atom is -0.372 e. The van der Waals surface area contributed by atoms with Gasteiger partial charge < -0.3 is 10.6 Å². The first-order valence-electron chi connectivity index (χ1n) is 5.99. The molecule has 0 radical (unpaired) electrons. The summed E-state index contributed by atoms with van der Waals surface area (Å²) in [5.74, 6) is 0. The molecule has 0 atom stereocenters. The van der Waals surface area contributed by atoms with Crippen LogP contribution in [0.15, 0.2) is 22.4 Å². The van der Waals surface area contributed by atoms with Crippen molar-refractivity contribution < 1.29 is 0 Å². The van der Waals surface area contributed by atoms with Crippen LogP contribution in [0.4, 0.5) is 5.69 Å². The van der Waals surface area contributed by atoms with Crippen LogP contribution < -0.4 is 16.2 Å². The normalized spacial score (nSPS) is 10.7. The topological polar surface area (TPSA) is 77.0 Å². The summed E-state index contributed by atoms with van der Waals surface area (Å²) in [5, 5.41) is 7.02. The van der Waals surface area contributed by atoms with Gasteiger partial charge in [-0.05, 0) is 6.92 Å². The second-order valence-corrected chi connectivity index (χ2v) is 5.25. The van der Waals surface area contributed by atoms with Crippen molar-refractivity contribution >= 4 is 17.0 Å². The predicted octanol–water partition coefficient (Wildman–Crippen LogP) is 0.451. The van der Waals surface area contributed by atoms with Crippen molar-refractivity contribution in [1.29, 1.82) is 0 Å². The third-order valence-corrected chi connectivity index (χ3v) is 3.66. The first kappa shape index (κ1) is 13.7. The molecule has 0 unspecified atom stereocenters. The van der Waals surface area contributed by atoms with Crippen LogP contribution in [-0.2, 0) is 6.54 Å². The Morgan fingerprint density at radius 3 is 2.89 bits per heavy atom. The molecule has 0 amide bonds. The monoisotopic (exact) mass is 279 g/mol. The van der Waals surface area contributed by atoms with Crippen LogP contribution in [0.1, 0.15) is 10.7 Å². The molecule has 0 saturated heterocycles. The molecule has 2 rings (SSSR count). The molecule has 7 heteroatoms. The molecule has 6 nitrogen and oxygen atoms in total. The minimum absolute atomic E-state index is 0.130. The summed E-state index contributed by atoms with van der Waals surface area (Å²) in [6.45, 7) is 3.58. The lowest BCUT2D eigenvalue weighted by Crippen LogP contribution is -2.29. The zero-order valence-electron chi connectivity index (χ0n) is 11.0. The van der Waals surface area contributed by atoms with E-state index in [1.165, 1.54) is 16.0 Å². The summed E-state index contributed by atoms with van der Waals surface area (Å²) in [5.41, 5.74) is 7.10. The van der Waals surface area contributed by atoms with E-state index in [0.29, 0.717) is 19.6 Å². The number of aromatic nitrogens is 3. The molecule has 0 aliphatic carbocycles. The average molecular weight is 279 g/mol. The molecule has 0 bridgehead atoms. The van der Waals surface area contributed by atoms with Gasteiger partial charge in [0.15, 0.2) is 0 Å². The van der Waals surface area contributed by atoms with Gasteiger partial charge in [-0.1, -0.05) is 0 Å². The highest BCUT2D eigenvalue weighted by Crippen LogP contribution is 2.10. The molecule has 0 aromatic carbocycles. The zero-order chi connectivity index (χ0) is 13.8. The molecule has 0 saturated carbocycles. The highest BCUT2D eigenvalue weighted by molar-refractivity contribution is 7.09. The molecule has 2 aromatic rings. The van der Waals surface area contributed by atoms with Gasteiger partial charge in [-0.2, -0.15) is 5.10 Å². The second kappa shape index (κ2) is 5.94. The molecule has 2 N–H and O–H groups in total. The van der Waals surface area contributed by atoms with E-state index in [9.17, 15) is 4.79 Å². The number of thiazole rings is 1. The van der Waals surface area contributed by atoms with Crippen LogP contribution in [0.25, 0.3) is 0 Å². The maximum atomic E-state index is 12.0. The maximum Gasteiger partial charge on any atom is 0.269 e. The summed E-state index contributed by atoms with van der Waals surface area (Å²) in [4.78, 5) is 18.2. The van der Waals surface area contributed by atoms with Crippen LogP contribution in [0.5, 0.6) is 0 Å². The van der Waals surface area contributed by atoms with Crippen LogP contribution in [0, 0.1) is 6.92 Å². The summed E-state index contributed by atoms with van der Waals surface area (Å²) in [6, 6.07) is 1.57. The summed E-state index contributed by atoms with van der Waals surface area (Å²) in [6.07, 6.45) is 1.68. The summed E-state index contributed by atoms with van der Waals surface area (Å²) < 4.78 is 1.41. The van der Waals surface area contributed by atoms with E-state index in [1.807, 2.05) is 24.3 Å². The Hall–Kier alpha value is -1.73. The van der Waals surface area contributed by atoms with Crippen LogP contribution in [-0.4, -0.2) is 34.9 Å². The lowest BCUT2D eigenvalue weighted by atomic mass is 10.4. The quantitative estimate of drug-likeness (QED) is 0.860. The van der Waals surface area contributed by atoms with Gasteiger partial charge in [0.2, 0.25) is 0 Å². The van der Waals surface area contributed by atoms with Gasteiger partial charge in [-0.15, -0.1) is 11.3 Å². The van der Waals surface area contributed by atoms with E-state index in [4.69, 9.17) is 5.73 Å². The third kappa shape index (κ3) is 3.39. The van der Waals surface area contributed by atoms with Crippen molar-refractivity contribution in [3.8, 4) is 0 Å². The van der Waals surface area contributed by atoms with Gasteiger partial charge in [-0.25, -0.2) is 9.67 Å². The maximum absolute atomic E-state index is 12.0. The van der Waals surface area contributed by atoms with Crippen molar-refractivity contribution in [2.24, 2.45) is 5.73 Å². The molecular weight excluding hydrogens is 262 g/mol. The number of hydrogen-bond donors (Lipinski definition) is 1. The van der Waals surface area contributed by atoms with E-state index in [-0.39, 0.29) is 5.56 Å². The predicted molar refractivity (Wildman–Crippen MR) is 76.8 cm³/mol. The van der Waals surface area contributed by atoms with Gasteiger partial charge >= 0.3 is 0 Å². The number of hydrogen-bond acceptors (Lipinski definition) is 6. The minimum atomic E-state index is -0.130. The van der Waals surface area contributed by atoms with E-state index in [1.54, 1.807) is 12.3 Å². The molecule has 0 fully saturated rings. The second-order valence-electron chi connectivity index (χ2n) is 4.30. The highest BCUT2D eigenvalue weighted by atomic mass is 32.1. The Kier molecular flexibility index (Phi) is 4.28. The Balaban J connectivity index is 2.17. The van der Waals surface area contributed by atoms with Crippen LogP contribution >= 0.6 is 11.3 Å². The fraction of sp³-hybridized carbons (Fsp3) is 0.417. The van der Waals surface area contributed by atoms with Gasteiger partial charge in [-0.3, -0.25) is 4.79 Å². The SMILES string of the molecule is Cc1csc(Cn2ncc(N(C)CCN)cc2=O)n1. The van der Waals surface area contributed by atoms with Crippen molar-refractivity contribution in [3.05, 3.63) is 38.7 Å². The Labute approximate surface area is 115 Å². The number of rotatable bonds is 5. The lowest BCUT2D eigenvalue weighted by Gasteiger charge is -2.17. The van der Waals surface area contributed by atoms with Crippen molar-refractivity contribution in [1.82, 2.24) is 14.8 Å². The molecule has 2 aromatic heterocycles. The fourth-order valence-corrected chi connectivity index (χ4v) is 2.43. The molecule has 19 heavy (non-hydrogen) atoms. The first-order chi connectivity index (χ1) is 9.10. The molecule has 102 valence electrons. The Bertz CT molecular complexity index is 606. The smallest absolute Gasteiger partial charge is 0.269 e. The number of nitrogens with zero attached hydrogens (tertiary/aromatic N) is 4. The first-order valence-corrected chi connectivity index (χ1v) is 6.87. The Morgan fingerprint density at radius 2 is 2.32 bits per heavy atom.